The van der Waals surface area contributed by atoms with E-state index in [9.17, 15) is 4.79 Å². The number of carbonyl (C=O) groups is 1. The van der Waals surface area contributed by atoms with Gasteiger partial charge < -0.3 is 4.74 Å². The summed E-state index contributed by atoms with van der Waals surface area (Å²) in [5, 5.41) is 3.91. The average molecular weight is 403 g/mol. The minimum atomic E-state index is -1.97. The van der Waals surface area contributed by atoms with Gasteiger partial charge in [-0.1, -0.05) is 54.6 Å². The van der Waals surface area contributed by atoms with Crippen molar-refractivity contribution in [1.82, 2.24) is 0 Å². The Morgan fingerprint density at radius 3 is 1.52 bits per heavy atom. The van der Waals surface area contributed by atoms with E-state index < -0.39 is 7.26 Å². The first kappa shape index (κ1) is 21.0. The molecule has 0 aromatic heterocycles. The van der Waals surface area contributed by atoms with Gasteiger partial charge in [-0.3, -0.25) is 0 Å². The summed E-state index contributed by atoms with van der Waals surface area (Å²) >= 11 is 0. The monoisotopic (exact) mass is 403 g/mol. The summed E-state index contributed by atoms with van der Waals surface area (Å²) < 4.78 is 5.40. The molecule has 3 heteroatoms. The van der Waals surface area contributed by atoms with Gasteiger partial charge >= 0.3 is 5.97 Å². The highest BCUT2D eigenvalue weighted by Gasteiger charge is 2.44. The largest absolute Gasteiger partial charge is 0.460 e. The molecule has 0 amide bonds. The molecule has 0 unspecified atom stereocenters. The van der Waals surface area contributed by atoms with Crippen LogP contribution in [0.3, 0.4) is 0 Å². The third-order valence-corrected chi connectivity index (χ3v) is 9.20. The molecule has 0 saturated heterocycles. The Labute approximate surface area is 174 Å². The van der Waals surface area contributed by atoms with Crippen LogP contribution in [0, 0.1) is 0 Å². The van der Waals surface area contributed by atoms with Crippen LogP contribution in [-0.2, 0) is 9.53 Å². The lowest BCUT2D eigenvalue weighted by Crippen LogP contribution is -2.33. The predicted octanol–water partition coefficient (Wildman–Crippen LogP) is 4.88. The molecule has 2 nitrogen and oxygen atoms in total. The summed E-state index contributed by atoms with van der Waals surface area (Å²) in [7, 11) is -1.97. The molecule has 0 fully saturated rings. The lowest BCUT2D eigenvalue weighted by atomic mass is 10.3. The second-order valence-electron chi connectivity index (χ2n) is 7.34. The lowest BCUT2D eigenvalue weighted by molar-refractivity contribution is -0.142. The van der Waals surface area contributed by atoms with E-state index in [0.717, 1.165) is 6.16 Å². The minimum Gasteiger partial charge on any atom is -0.460 e. The van der Waals surface area contributed by atoms with E-state index in [0.29, 0.717) is 5.57 Å². The Morgan fingerprint density at radius 1 is 0.793 bits per heavy atom. The normalized spacial score (nSPS) is 12.1. The maximum absolute atomic E-state index is 12.4. The Balaban J connectivity index is 2.16. The summed E-state index contributed by atoms with van der Waals surface area (Å²) in [5.74, 6) is -0.243. The van der Waals surface area contributed by atoms with Gasteiger partial charge in [0.25, 0.3) is 0 Å². The van der Waals surface area contributed by atoms with Crippen molar-refractivity contribution >= 4 is 29.1 Å². The first-order chi connectivity index (χ1) is 14.0. The van der Waals surface area contributed by atoms with Crippen LogP contribution < -0.4 is 15.9 Å². The van der Waals surface area contributed by atoms with Crippen LogP contribution in [0.25, 0.3) is 0 Å². The molecule has 0 bridgehead atoms. The molecule has 0 radical (unpaired) electrons. The van der Waals surface area contributed by atoms with E-state index in [1.165, 1.54) is 15.9 Å². The minimum absolute atomic E-state index is 0.122. The molecule has 0 saturated carbocycles. The molecular weight excluding hydrogens is 375 g/mol. The zero-order valence-corrected chi connectivity index (χ0v) is 18.2. The van der Waals surface area contributed by atoms with Gasteiger partial charge in [-0.05, 0) is 63.2 Å². The van der Waals surface area contributed by atoms with Crippen molar-refractivity contribution in [3.63, 3.8) is 0 Å². The average Bonchev–Trinajstić information content (AvgIpc) is 2.76. The summed E-state index contributed by atoms with van der Waals surface area (Å²) in [6.45, 7) is 5.60. The number of benzene rings is 3. The SMILES string of the molecule is C/C(=C/C[P+](c1ccccc1)(c1ccccc1)c1ccccc1)C(=O)OC(C)C. The van der Waals surface area contributed by atoms with E-state index in [1.54, 1.807) is 0 Å². The van der Waals surface area contributed by atoms with E-state index in [-0.39, 0.29) is 12.1 Å². The molecule has 148 valence electrons. The van der Waals surface area contributed by atoms with E-state index in [2.05, 4.69) is 97.1 Å². The highest BCUT2D eigenvalue weighted by molar-refractivity contribution is 7.95. The van der Waals surface area contributed by atoms with Gasteiger partial charge in [0.2, 0.25) is 0 Å². The first-order valence-corrected chi connectivity index (χ1v) is 11.9. The third-order valence-electron chi connectivity index (χ3n) is 4.93. The number of carbonyl (C=O) groups excluding carboxylic acids is 1. The molecule has 0 aliphatic rings. The Hall–Kier alpha value is -2.70. The molecule has 3 aromatic rings. The smallest absolute Gasteiger partial charge is 0.333 e. The summed E-state index contributed by atoms with van der Waals surface area (Å²) in [4.78, 5) is 12.4. The molecule has 29 heavy (non-hydrogen) atoms. The second-order valence-corrected chi connectivity index (χ2v) is 10.9. The molecule has 0 heterocycles. The topological polar surface area (TPSA) is 26.3 Å². The zero-order valence-electron chi connectivity index (χ0n) is 17.3. The Bertz CT molecular complexity index is 851. The van der Waals surface area contributed by atoms with Crippen molar-refractivity contribution in [1.29, 1.82) is 0 Å². The van der Waals surface area contributed by atoms with Crippen molar-refractivity contribution in [3.8, 4) is 0 Å². The summed E-state index contributed by atoms with van der Waals surface area (Å²) in [5.41, 5.74) is 0.658. The molecule has 3 rings (SSSR count). The molecule has 0 N–H and O–H groups in total. The second kappa shape index (κ2) is 9.67. The number of hydrogen-bond donors (Lipinski definition) is 0. The van der Waals surface area contributed by atoms with Crippen molar-refractivity contribution in [3.05, 3.63) is 103 Å². The van der Waals surface area contributed by atoms with Crippen LogP contribution in [0.5, 0.6) is 0 Å². The van der Waals surface area contributed by atoms with E-state index in [1.807, 2.05) is 20.8 Å². The van der Waals surface area contributed by atoms with Crippen LogP contribution in [-0.4, -0.2) is 18.2 Å². The maximum atomic E-state index is 12.4. The van der Waals surface area contributed by atoms with Crippen molar-refractivity contribution in [2.45, 2.75) is 26.9 Å². The number of esters is 1. The van der Waals surface area contributed by atoms with Gasteiger partial charge in [0.15, 0.2) is 0 Å². The fraction of sp³-hybridized carbons (Fsp3) is 0.192. The van der Waals surface area contributed by atoms with Gasteiger partial charge in [-0.25, -0.2) is 4.79 Å². The number of rotatable bonds is 7. The van der Waals surface area contributed by atoms with Gasteiger partial charge in [-0.2, -0.15) is 0 Å². The van der Waals surface area contributed by atoms with Crippen molar-refractivity contribution in [2.24, 2.45) is 0 Å². The Morgan fingerprint density at radius 2 is 1.17 bits per heavy atom. The zero-order chi connectivity index (χ0) is 20.7. The number of hydrogen-bond acceptors (Lipinski definition) is 2. The fourth-order valence-corrected chi connectivity index (χ4v) is 7.59. The number of ether oxygens (including phenoxy) is 1. The number of allylic oxidation sites excluding steroid dienone is 1. The van der Waals surface area contributed by atoms with Gasteiger partial charge in [0.05, 0.1) is 12.3 Å². The molecule has 3 aromatic carbocycles. The molecule has 0 atom stereocenters. The van der Waals surface area contributed by atoms with Gasteiger partial charge in [-0.15, -0.1) is 0 Å². The molecular formula is C26H28O2P+. The van der Waals surface area contributed by atoms with Gasteiger partial charge in [0, 0.05) is 5.57 Å². The van der Waals surface area contributed by atoms with Crippen LogP contribution in [0.2, 0.25) is 0 Å². The molecule has 0 spiro atoms. The van der Waals surface area contributed by atoms with Crippen LogP contribution >= 0.6 is 7.26 Å². The first-order valence-electron chi connectivity index (χ1n) is 9.96. The fourth-order valence-electron chi connectivity index (χ4n) is 3.48. The maximum Gasteiger partial charge on any atom is 0.333 e. The highest BCUT2D eigenvalue weighted by atomic mass is 31.2. The van der Waals surface area contributed by atoms with Crippen molar-refractivity contribution in [2.75, 3.05) is 6.16 Å². The standard InChI is InChI=1S/C26H28O2P/c1-21(2)28-26(27)22(3)19-20-29(23-13-7-4-8-14-23,24-15-9-5-10-16-24)25-17-11-6-12-18-25/h4-19,21H,20H2,1-3H3/q+1/b22-19-. The highest BCUT2D eigenvalue weighted by Crippen LogP contribution is 2.55. The summed E-state index contributed by atoms with van der Waals surface area (Å²) in [6.07, 6.45) is 2.71. The molecule has 0 aliphatic heterocycles. The predicted molar refractivity (Wildman–Crippen MR) is 125 cm³/mol. The van der Waals surface area contributed by atoms with E-state index >= 15 is 0 Å². The van der Waals surface area contributed by atoms with Crippen molar-refractivity contribution < 1.29 is 9.53 Å². The molecule has 0 aliphatic carbocycles. The Kier molecular flexibility index (Phi) is 7.01. The third kappa shape index (κ3) is 4.83. The van der Waals surface area contributed by atoms with Crippen LogP contribution in [0.4, 0.5) is 0 Å². The van der Waals surface area contributed by atoms with Gasteiger partial charge in [0.1, 0.15) is 23.2 Å². The lowest BCUT2D eigenvalue weighted by Gasteiger charge is -2.26. The van der Waals surface area contributed by atoms with Crippen LogP contribution in [0.15, 0.2) is 103 Å². The van der Waals surface area contributed by atoms with E-state index in [4.69, 9.17) is 4.74 Å². The summed E-state index contributed by atoms with van der Waals surface area (Å²) in [6, 6.07) is 32.0. The quantitative estimate of drug-likeness (QED) is 0.319. The van der Waals surface area contributed by atoms with Crippen LogP contribution in [0.1, 0.15) is 20.8 Å².